The molecule has 0 heterocycles. The van der Waals surface area contributed by atoms with Crippen LogP contribution in [0.5, 0.6) is 0 Å². The summed E-state index contributed by atoms with van der Waals surface area (Å²) in [4.78, 5) is 0. The van der Waals surface area contributed by atoms with Crippen LogP contribution in [-0.2, 0) is 0 Å². The van der Waals surface area contributed by atoms with Crippen molar-refractivity contribution in [2.24, 2.45) is 5.92 Å². The second-order valence-electron chi connectivity index (χ2n) is 4.86. The van der Waals surface area contributed by atoms with Gasteiger partial charge in [-0.15, -0.1) is 9.24 Å². The molecule has 2 rings (SSSR count). The SMILES string of the molecule is Cc1ccc(C2CCC(CP)CC2)cc1. The average Bonchev–Trinajstić information content (AvgIpc) is 2.30. The Morgan fingerprint density at radius 2 is 1.67 bits per heavy atom. The van der Waals surface area contributed by atoms with Gasteiger partial charge in [0.25, 0.3) is 0 Å². The molecule has 0 bridgehead atoms. The quantitative estimate of drug-likeness (QED) is 0.657. The third-order valence-corrected chi connectivity index (χ3v) is 4.40. The normalized spacial score (nSPS) is 26.5. The van der Waals surface area contributed by atoms with E-state index in [0.717, 1.165) is 11.8 Å². The van der Waals surface area contributed by atoms with Crippen molar-refractivity contribution >= 4 is 9.24 Å². The van der Waals surface area contributed by atoms with Crippen molar-refractivity contribution in [2.45, 2.75) is 38.5 Å². The smallest absolute Gasteiger partial charge is 0.0162 e. The summed E-state index contributed by atoms with van der Waals surface area (Å²) >= 11 is 0. The molecular weight excluding hydrogens is 199 g/mol. The molecule has 0 nitrogen and oxygen atoms in total. The van der Waals surface area contributed by atoms with Crippen LogP contribution in [0.25, 0.3) is 0 Å². The molecule has 1 aliphatic carbocycles. The van der Waals surface area contributed by atoms with E-state index >= 15 is 0 Å². The van der Waals surface area contributed by atoms with E-state index in [9.17, 15) is 0 Å². The summed E-state index contributed by atoms with van der Waals surface area (Å²) < 4.78 is 0. The van der Waals surface area contributed by atoms with E-state index in [1.807, 2.05) is 0 Å². The van der Waals surface area contributed by atoms with E-state index in [-0.39, 0.29) is 0 Å². The highest BCUT2D eigenvalue weighted by Crippen LogP contribution is 2.36. The molecule has 1 atom stereocenters. The van der Waals surface area contributed by atoms with Gasteiger partial charge in [0, 0.05) is 0 Å². The van der Waals surface area contributed by atoms with Gasteiger partial charge in [0.1, 0.15) is 0 Å². The Bertz CT molecular complexity index is 294. The van der Waals surface area contributed by atoms with Crippen LogP contribution in [-0.4, -0.2) is 6.16 Å². The van der Waals surface area contributed by atoms with Gasteiger partial charge in [-0.2, -0.15) is 0 Å². The molecule has 0 radical (unpaired) electrons. The molecular formula is C14H21P. The molecule has 1 saturated carbocycles. The summed E-state index contributed by atoms with van der Waals surface area (Å²) in [6.45, 7) is 2.16. The zero-order chi connectivity index (χ0) is 10.7. The zero-order valence-corrected chi connectivity index (χ0v) is 10.7. The fourth-order valence-corrected chi connectivity index (χ4v) is 3.04. The van der Waals surface area contributed by atoms with E-state index in [1.165, 1.54) is 37.4 Å². The van der Waals surface area contributed by atoms with Crippen molar-refractivity contribution in [3.63, 3.8) is 0 Å². The Morgan fingerprint density at radius 3 is 2.20 bits per heavy atom. The predicted octanol–water partition coefficient (Wildman–Crippen LogP) is 4.14. The third kappa shape index (κ3) is 2.82. The highest BCUT2D eigenvalue weighted by molar-refractivity contribution is 7.16. The van der Waals surface area contributed by atoms with E-state index < -0.39 is 0 Å². The average molecular weight is 220 g/mol. The van der Waals surface area contributed by atoms with Crippen LogP contribution in [0.2, 0.25) is 0 Å². The fraction of sp³-hybridized carbons (Fsp3) is 0.571. The zero-order valence-electron chi connectivity index (χ0n) is 9.58. The number of benzene rings is 1. The lowest BCUT2D eigenvalue weighted by atomic mass is 9.79. The van der Waals surface area contributed by atoms with Crippen LogP contribution in [0.1, 0.15) is 42.7 Å². The summed E-state index contributed by atoms with van der Waals surface area (Å²) in [7, 11) is 2.89. The highest BCUT2D eigenvalue weighted by Gasteiger charge is 2.20. The third-order valence-electron chi connectivity index (χ3n) is 3.73. The maximum absolute atomic E-state index is 2.89. The minimum absolute atomic E-state index is 0.832. The molecule has 0 aromatic heterocycles. The maximum atomic E-state index is 2.89. The number of rotatable bonds is 2. The molecule has 1 unspecified atom stereocenters. The molecule has 1 fully saturated rings. The molecule has 1 aromatic rings. The molecule has 0 amide bonds. The van der Waals surface area contributed by atoms with Crippen LogP contribution in [0.15, 0.2) is 24.3 Å². The maximum Gasteiger partial charge on any atom is -0.0162 e. The van der Waals surface area contributed by atoms with Crippen molar-refractivity contribution in [1.82, 2.24) is 0 Å². The summed E-state index contributed by atoms with van der Waals surface area (Å²) in [5.41, 5.74) is 2.93. The number of aryl methyl sites for hydroxylation is 1. The predicted molar refractivity (Wildman–Crippen MR) is 70.5 cm³/mol. The molecule has 1 aliphatic rings. The lowest BCUT2D eigenvalue weighted by Gasteiger charge is -2.28. The standard InChI is InChI=1S/C14H21P/c1-11-2-6-13(7-3-11)14-8-4-12(10-15)5-9-14/h2-3,6-7,12,14H,4-5,8-10,15H2,1H3. The highest BCUT2D eigenvalue weighted by atomic mass is 31.0. The first-order valence-electron chi connectivity index (χ1n) is 6.06. The molecule has 1 aromatic carbocycles. The first-order chi connectivity index (χ1) is 7.29. The Morgan fingerprint density at radius 1 is 1.07 bits per heavy atom. The minimum Gasteiger partial charge on any atom is -0.137 e. The molecule has 1 heteroatoms. The first kappa shape index (κ1) is 11.1. The van der Waals surface area contributed by atoms with Crippen LogP contribution in [0, 0.1) is 12.8 Å². The van der Waals surface area contributed by atoms with Gasteiger partial charge in [-0.25, -0.2) is 0 Å². The second kappa shape index (κ2) is 5.12. The van der Waals surface area contributed by atoms with Crippen LogP contribution in [0.3, 0.4) is 0 Å². The molecule has 0 spiro atoms. The minimum atomic E-state index is 0.832. The second-order valence-corrected chi connectivity index (χ2v) is 5.34. The van der Waals surface area contributed by atoms with Gasteiger partial charge in [0.15, 0.2) is 0 Å². The molecule has 0 aliphatic heterocycles. The van der Waals surface area contributed by atoms with E-state index in [4.69, 9.17) is 0 Å². The van der Waals surface area contributed by atoms with Crippen molar-refractivity contribution in [3.8, 4) is 0 Å². The first-order valence-corrected chi connectivity index (χ1v) is 6.88. The van der Waals surface area contributed by atoms with Crippen LogP contribution in [0.4, 0.5) is 0 Å². The Hall–Kier alpha value is -0.350. The Labute approximate surface area is 95.7 Å². The van der Waals surface area contributed by atoms with E-state index in [1.54, 1.807) is 5.56 Å². The topological polar surface area (TPSA) is 0 Å². The van der Waals surface area contributed by atoms with Gasteiger partial charge in [0.2, 0.25) is 0 Å². The van der Waals surface area contributed by atoms with Crippen LogP contribution < -0.4 is 0 Å². The number of hydrogen-bond acceptors (Lipinski definition) is 0. The summed E-state index contributed by atoms with van der Waals surface area (Å²) in [5.74, 6) is 1.80. The molecule has 0 N–H and O–H groups in total. The Balaban J connectivity index is 1.98. The van der Waals surface area contributed by atoms with Gasteiger partial charge >= 0.3 is 0 Å². The van der Waals surface area contributed by atoms with Crippen molar-refractivity contribution < 1.29 is 0 Å². The van der Waals surface area contributed by atoms with Crippen LogP contribution >= 0.6 is 9.24 Å². The van der Waals surface area contributed by atoms with Crippen molar-refractivity contribution in [3.05, 3.63) is 35.4 Å². The van der Waals surface area contributed by atoms with Gasteiger partial charge in [-0.05, 0) is 56.2 Å². The summed E-state index contributed by atoms with van der Waals surface area (Å²) in [6.07, 6.45) is 6.91. The van der Waals surface area contributed by atoms with Crippen molar-refractivity contribution in [2.75, 3.05) is 6.16 Å². The lowest BCUT2D eigenvalue weighted by molar-refractivity contribution is 0.352. The molecule has 15 heavy (non-hydrogen) atoms. The summed E-state index contributed by atoms with van der Waals surface area (Å²) in [6, 6.07) is 9.14. The van der Waals surface area contributed by atoms with E-state index in [2.05, 4.69) is 40.4 Å². The Kier molecular flexibility index (Phi) is 3.81. The van der Waals surface area contributed by atoms with E-state index in [0.29, 0.717) is 0 Å². The molecule has 82 valence electrons. The fourth-order valence-electron chi connectivity index (χ4n) is 2.57. The van der Waals surface area contributed by atoms with Gasteiger partial charge < -0.3 is 0 Å². The van der Waals surface area contributed by atoms with Gasteiger partial charge in [-0.3, -0.25) is 0 Å². The summed E-state index contributed by atoms with van der Waals surface area (Å²) in [5, 5.41) is 0. The molecule has 0 saturated heterocycles. The van der Waals surface area contributed by atoms with Gasteiger partial charge in [-0.1, -0.05) is 29.8 Å². The van der Waals surface area contributed by atoms with Crippen molar-refractivity contribution in [1.29, 1.82) is 0 Å². The van der Waals surface area contributed by atoms with Gasteiger partial charge in [0.05, 0.1) is 0 Å². The monoisotopic (exact) mass is 220 g/mol. The lowest BCUT2D eigenvalue weighted by Crippen LogP contribution is -2.14. The number of hydrogen-bond donors (Lipinski definition) is 0. The largest absolute Gasteiger partial charge is 0.137 e.